The maximum atomic E-state index is 5.32. The molecule has 9 heteroatoms. The van der Waals surface area contributed by atoms with Gasteiger partial charge < -0.3 is 19.5 Å². The normalized spacial score (nSPS) is 15.1. The van der Waals surface area contributed by atoms with Crippen molar-refractivity contribution >= 4 is 11.8 Å². The fourth-order valence-electron chi connectivity index (χ4n) is 3.24. The fourth-order valence-corrected chi connectivity index (χ4v) is 3.24. The lowest BCUT2D eigenvalue weighted by molar-refractivity contribution is 0.371. The van der Waals surface area contributed by atoms with E-state index in [2.05, 4.69) is 46.3 Å². The Hall–Kier alpha value is -3.36. The van der Waals surface area contributed by atoms with Crippen LogP contribution in [0.5, 0.6) is 0 Å². The third kappa shape index (κ3) is 4.13. The highest BCUT2D eigenvalue weighted by atomic mass is 16.3. The van der Waals surface area contributed by atoms with Crippen molar-refractivity contribution in [1.29, 1.82) is 0 Å². The first kappa shape index (κ1) is 18.0. The monoisotopic (exact) mass is 380 g/mol. The van der Waals surface area contributed by atoms with Crippen molar-refractivity contribution < 1.29 is 4.42 Å². The highest BCUT2D eigenvalue weighted by molar-refractivity contribution is 5.80. The Kier molecular flexibility index (Phi) is 5.51. The molecule has 1 fully saturated rings. The molecule has 146 valence electrons. The van der Waals surface area contributed by atoms with Crippen molar-refractivity contribution in [1.82, 2.24) is 30.4 Å². The van der Waals surface area contributed by atoms with E-state index in [4.69, 9.17) is 4.42 Å². The van der Waals surface area contributed by atoms with Crippen LogP contribution in [-0.2, 0) is 6.42 Å². The molecule has 1 aliphatic rings. The van der Waals surface area contributed by atoms with Crippen LogP contribution < -0.4 is 10.2 Å². The Bertz CT molecular complexity index is 882. The first-order chi connectivity index (χ1) is 13.8. The second kappa shape index (κ2) is 8.55. The summed E-state index contributed by atoms with van der Waals surface area (Å²) in [7, 11) is 1.82. The number of rotatable bonds is 5. The molecule has 1 saturated heterocycles. The molecule has 0 saturated carbocycles. The van der Waals surface area contributed by atoms with E-state index in [1.165, 1.54) is 0 Å². The van der Waals surface area contributed by atoms with Gasteiger partial charge in [-0.05, 0) is 24.3 Å². The van der Waals surface area contributed by atoms with Crippen LogP contribution in [0.4, 0.5) is 5.82 Å². The molecule has 4 heterocycles. The van der Waals surface area contributed by atoms with Gasteiger partial charge >= 0.3 is 0 Å². The summed E-state index contributed by atoms with van der Waals surface area (Å²) in [6.45, 7) is 4.38. The zero-order chi connectivity index (χ0) is 19.2. The molecule has 0 spiro atoms. The minimum Gasteiger partial charge on any atom is -0.461 e. The van der Waals surface area contributed by atoms with Gasteiger partial charge in [0.05, 0.1) is 6.26 Å². The standard InChI is InChI=1S/C19H24N8O/c1-20-19(27-12-10-26(11-13-27)17-6-2-3-8-21-17)22-9-7-16-23-18(25-24-16)15-5-4-14-28-15/h2-6,8,14H,7,9-13H2,1H3,(H,20,22)(H,23,24,25). The SMILES string of the molecule is CN=C(NCCc1nc(-c2ccco2)n[nH]1)N1CCN(c2ccccn2)CC1. The third-order valence-corrected chi connectivity index (χ3v) is 4.68. The molecule has 1 aliphatic heterocycles. The number of aromatic amines is 1. The third-order valence-electron chi connectivity index (χ3n) is 4.68. The minimum atomic E-state index is 0.579. The van der Waals surface area contributed by atoms with Gasteiger partial charge in [-0.3, -0.25) is 10.1 Å². The zero-order valence-electron chi connectivity index (χ0n) is 15.9. The summed E-state index contributed by atoms with van der Waals surface area (Å²) in [5.74, 6) is 4.00. The number of nitrogens with zero attached hydrogens (tertiary/aromatic N) is 6. The highest BCUT2D eigenvalue weighted by Gasteiger charge is 2.20. The number of hydrogen-bond donors (Lipinski definition) is 2. The molecule has 3 aromatic heterocycles. The van der Waals surface area contributed by atoms with E-state index in [1.54, 1.807) is 6.26 Å². The van der Waals surface area contributed by atoms with Crippen molar-refractivity contribution in [3.8, 4) is 11.6 Å². The van der Waals surface area contributed by atoms with E-state index in [0.717, 1.165) is 56.7 Å². The van der Waals surface area contributed by atoms with Gasteiger partial charge in [-0.25, -0.2) is 9.97 Å². The number of piperazine rings is 1. The summed E-state index contributed by atoms with van der Waals surface area (Å²) in [5, 5.41) is 10.6. The van der Waals surface area contributed by atoms with Gasteiger partial charge in [-0.15, -0.1) is 0 Å². The average Bonchev–Trinajstić information content (AvgIpc) is 3.44. The van der Waals surface area contributed by atoms with Crippen LogP contribution in [0.1, 0.15) is 5.82 Å². The summed E-state index contributed by atoms with van der Waals surface area (Å²) in [6, 6.07) is 9.69. The van der Waals surface area contributed by atoms with E-state index in [1.807, 2.05) is 37.5 Å². The summed E-state index contributed by atoms with van der Waals surface area (Å²) in [4.78, 5) is 17.9. The van der Waals surface area contributed by atoms with E-state index in [0.29, 0.717) is 11.6 Å². The summed E-state index contributed by atoms with van der Waals surface area (Å²) in [5.41, 5.74) is 0. The van der Waals surface area contributed by atoms with Gasteiger partial charge in [0.1, 0.15) is 11.6 Å². The lowest BCUT2D eigenvalue weighted by atomic mass is 10.3. The molecule has 0 unspecified atom stereocenters. The van der Waals surface area contributed by atoms with Crippen molar-refractivity contribution in [2.45, 2.75) is 6.42 Å². The molecule has 0 amide bonds. The molecule has 4 rings (SSSR count). The van der Waals surface area contributed by atoms with Crippen molar-refractivity contribution in [2.75, 3.05) is 44.7 Å². The topological polar surface area (TPSA) is 98.5 Å². The average molecular weight is 380 g/mol. The lowest BCUT2D eigenvalue weighted by Gasteiger charge is -2.37. The fraction of sp³-hybridized carbons (Fsp3) is 0.368. The van der Waals surface area contributed by atoms with Crippen LogP contribution in [0.3, 0.4) is 0 Å². The Morgan fingerprint density at radius 3 is 2.82 bits per heavy atom. The smallest absolute Gasteiger partial charge is 0.216 e. The molecule has 0 radical (unpaired) electrons. The van der Waals surface area contributed by atoms with Crippen LogP contribution in [0, 0.1) is 0 Å². The number of furan rings is 1. The maximum absolute atomic E-state index is 5.32. The molecule has 0 aliphatic carbocycles. The molecule has 2 N–H and O–H groups in total. The molecule has 0 atom stereocenters. The molecule has 28 heavy (non-hydrogen) atoms. The molecule has 0 bridgehead atoms. The maximum Gasteiger partial charge on any atom is 0.216 e. The van der Waals surface area contributed by atoms with E-state index in [9.17, 15) is 0 Å². The molecule has 3 aromatic rings. The molecule has 0 aromatic carbocycles. The van der Waals surface area contributed by atoms with Gasteiger partial charge in [0.2, 0.25) is 5.82 Å². The van der Waals surface area contributed by atoms with E-state index >= 15 is 0 Å². The summed E-state index contributed by atoms with van der Waals surface area (Å²) >= 11 is 0. The van der Waals surface area contributed by atoms with Crippen molar-refractivity contribution in [3.05, 3.63) is 48.6 Å². The Morgan fingerprint density at radius 2 is 2.11 bits per heavy atom. The summed E-state index contributed by atoms with van der Waals surface area (Å²) < 4.78 is 5.32. The number of guanidine groups is 1. The second-order valence-electron chi connectivity index (χ2n) is 6.47. The lowest BCUT2D eigenvalue weighted by Crippen LogP contribution is -2.53. The number of pyridine rings is 1. The van der Waals surface area contributed by atoms with Crippen LogP contribution >= 0.6 is 0 Å². The van der Waals surface area contributed by atoms with Gasteiger partial charge in [-0.1, -0.05) is 6.07 Å². The van der Waals surface area contributed by atoms with E-state index < -0.39 is 0 Å². The first-order valence-electron chi connectivity index (χ1n) is 9.40. The molecular weight excluding hydrogens is 356 g/mol. The summed E-state index contributed by atoms with van der Waals surface area (Å²) in [6.07, 6.45) is 4.17. The van der Waals surface area contributed by atoms with E-state index in [-0.39, 0.29) is 0 Å². The second-order valence-corrected chi connectivity index (χ2v) is 6.47. The number of hydrogen-bond acceptors (Lipinski definition) is 6. The van der Waals surface area contributed by atoms with Gasteiger partial charge in [0.15, 0.2) is 11.7 Å². The number of aliphatic imine (C=N–C) groups is 1. The predicted octanol–water partition coefficient (Wildman–Crippen LogP) is 1.40. The first-order valence-corrected chi connectivity index (χ1v) is 9.40. The van der Waals surface area contributed by atoms with Crippen LogP contribution in [0.15, 0.2) is 52.2 Å². The molecular formula is C19H24N8O. The Labute approximate surface area is 163 Å². The Balaban J connectivity index is 1.25. The van der Waals surface area contributed by atoms with Crippen LogP contribution in [0.25, 0.3) is 11.6 Å². The van der Waals surface area contributed by atoms with Gasteiger partial charge in [0, 0.05) is 52.4 Å². The minimum absolute atomic E-state index is 0.579. The van der Waals surface area contributed by atoms with Crippen LogP contribution in [-0.4, -0.2) is 70.8 Å². The van der Waals surface area contributed by atoms with Gasteiger partial charge in [-0.2, -0.15) is 5.10 Å². The molecule has 9 nitrogen and oxygen atoms in total. The number of anilines is 1. The highest BCUT2D eigenvalue weighted by Crippen LogP contribution is 2.14. The number of aromatic nitrogens is 4. The van der Waals surface area contributed by atoms with Crippen molar-refractivity contribution in [2.24, 2.45) is 4.99 Å². The Morgan fingerprint density at radius 1 is 1.21 bits per heavy atom. The quantitative estimate of drug-likeness (QED) is 0.510. The van der Waals surface area contributed by atoms with Crippen molar-refractivity contribution in [3.63, 3.8) is 0 Å². The van der Waals surface area contributed by atoms with Crippen LogP contribution in [0.2, 0.25) is 0 Å². The predicted molar refractivity (Wildman–Crippen MR) is 107 cm³/mol. The number of nitrogens with one attached hydrogen (secondary N) is 2. The largest absolute Gasteiger partial charge is 0.461 e. The van der Waals surface area contributed by atoms with Gasteiger partial charge in [0.25, 0.3) is 0 Å². The zero-order valence-corrected chi connectivity index (χ0v) is 15.9. The number of H-pyrrole nitrogens is 1.